The highest BCUT2D eigenvalue weighted by molar-refractivity contribution is 6.53. The average molecular weight is 380 g/mol. The van der Waals surface area contributed by atoms with Crippen molar-refractivity contribution in [3.8, 4) is 5.75 Å². The lowest BCUT2D eigenvalue weighted by atomic mass is 9.36. The van der Waals surface area contributed by atoms with Gasteiger partial charge in [-0.3, -0.25) is 19.7 Å². The minimum absolute atomic E-state index is 0.0297. The maximum absolute atomic E-state index is 14.4. The Morgan fingerprint density at radius 2 is 1.68 bits per heavy atom. The number of phenols is 1. The van der Waals surface area contributed by atoms with E-state index in [-0.39, 0.29) is 22.3 Å². The number of imide groups is 1. The number of nitrogens with one attached hydrogen (secondary N) is 1. The third-order valence-electron chi connectivity index (χ3n) is 6.46. The Balaban J connectivity index is 2.29. The largest absolute Gasteiger partial charge is 0.503 e. The number of anilines is 1. The van der Waals surface area contributed by atoms with E-state index in [9.17, 15) is 29.0 Å². The first-order valence-corrected chi connectivity index (χ1v) is 8.82. The van der Waals surface area contributed by atoms with Crippen LogP contribution in [0.2, 0.25) is 5.21 Å². The first-order valence-electron chi connectivity index (χ1n) is 8.82. The lowest BCUT2D eigenvalue weighted by Gasteiger charge is -2.53. The first-order chi connectivity index (χ1) is 12.6. The molecule has 2 aliphatic heterocycles. The highest BCUT2D eigenvalue weighted by Gasteiger charge is 2.62. The van der Waals surface area contributed by atoms with E-state index in [2.05, 4.69) is 5.32 Å². The summed E-state index contributed by atoms with van der Waals surface area (Å²) < 4.78 is 14.4. The molecule has 0 radical (unpaired) electrons. The van der Waals surface area contributed by atoms with E-state index in [0.717, 1.165) is 0 Å². The number of benzene rings is 1. The molecule has 2 aliphatic rings. The molecule has 3 amide bonds. The number of aliphatic hydroxyl groups is 1. The summed E-state index contributed by atoms with van der Waals surface area (Å²) in [6.45, 7) is 0. The van der Waals surface area contributed by atoms with Crippen LogP contribution in [0.3, 0.4) is 0 Å². The maximum atomic E-state index is 14.4. The molecule has 8 nitrogen and oxygen atoms in total. The summed E-state index contributed by atoms with van der Waals surface area (Å²) in [5, 5.41) is 20.3. The Hall–Kier alpha value is -2.29. The Labute approximate surface area is 166 Å². The molecule has 3 rings (SSSR count). The zero-order chi connectivity index (χ0) is 21.6. The van der Waals surface area contributed by atoms with E-state index in [1.165, 1.54) is 36.3 Å². The predicted octanol–water partition coefficient (Wildman–Crippen LogP) is -8.07. The molecule has 0 bridgehead atoms. The molecule has 5 N–H and O–H groups in total. The van der Waals surface area contributed by atoms with Gasteiger partial charge in [-0.15, -0.1) is 0 Å². The standard InChI is InChI=1S/C13H18B6FN3O5/c14-3-1-2(5(21)6(24)4(3)20)13(18,19)23(9(1)26)7-8(25)22-10(27)12(17,28)11(7,15)16/h7,24,28H,14-19,21H2,(H,22,25,27). The minimum Gasteiger partial charge on any atom is -0.503 e. The zero-order valence-electron chi connectivity index (χ0n) is 16.6. The number of hydrogen-bond donors (Lipinski definition) is 4. The number of carbonyl (C=O) groups is 3. The van der Waals surface area contributed by atoms with Crippen molar-refractivity contribution in [1.82, 2.24) is 10.2 Å². The lowest BCUT2D eigenvalue weighted by Crippen LogP contribution is -2.74. The smallest absolute Gasteiger partial charge is 0.253 e. The Bertz CT molecular complexity index is 969. The number of hydrogen-bond acceptors (Lipinski definition) is 6. The number of aromatic hydroxyl groups is 1. The quantitative estimate of drug-likeness (QED) is 0.166. The second-order valence-electron chi connectivity index (χ2n) is 8.70. The third-order valence-corrected chi connectivity index (χ3v) is 6.46. The summed E-state index contributed by atoms with van der Waals surface area (Å²) in [4.78, 5) is 39.5. The summed E-state index contributed by atoms with van der Waals surface area (Å²) in [5.74, 6) is -4.04. The number of nitrogen functional groups attached to an aromatic ring is 1. The molecule has 15 heteroatoms. The highest BCUT2D eigenvalue weighted by atomic mass is 19.1. The van der Waals surface area contributed by atoms with Crippen LogP contribution in [0.25, 0.3) is 0 Å². The fraction of sp³-hybridized carbons (Fsp3) is 0.308. The zero-order valence-corrected chi connectivity index (χ0v) is 16.6. The number of nitrogens with zero attached hydrogens (tertiary/aromatic N) is 1. The summed E-state index contributed by atoms with van der Waals surface area (Å²) in [6, 6.07) is -1.25. The first kappa shape index (κ1) is 20.4. The maximum Gasteiger partial charge on any atom is 0.253 e. The molecule has 0 aliphatic carbocycles. The van der Waals surface area contributed by atoms with Gasteiger partial charge in [0.1, 0.15) is 50.8 Å². The van der Waals surface area contributed by atoms with Gasteiger partial charge in [-0.05, 0) is 16.2 Å². The van der Waals surface area contributed by atoms with Crippen LogP contribution in [0.5, 0.6) is 5.75 Å². The van der Waals surface area contributed by atoms with Crippen LogP contribution in [0.15, 0.2) is 0 Å². The second-order valence-corrected chi connectivity index (χ2v) is 8.70. The average Bonchev–Trinajstić information content (AvgIpc) is 2.77. The normalized spacial score (nSPS) is 28.1. The van der Waals surface area contributed by atoms with Crippen molar-refractivity contribution in [2.75, 3.05) is 5.73 Å². The molecule has 1 saturated heterocycles. The van der Waals surface area contributed by atoms with Crippen LogP contribution < -0.4 is 16.5 Å². The molecule has 2 unspecified atom stereocenters. The van der Waals surface area contributed by atoms with Crippen LogP contribution >= 0.6 is 0 Å². The van der Waals surface area contributed by atoms with E-state index in [0.29, 0.717) is 0 Å². The molecule has 1 aromatic rings. The van der Waals surface area contributed by atoms with Gasteiger partial charge in [-0.2, -0.15) is 0 Å². The number of rotatable bonds is 1. The molecular formula is C13H18B6FN3O5. The summed E-state index contributed by atoms with van der Waals surface area (Å²) in [5.41, 5.74) is 3.79. The lowest BCUT2D eigenvalue weighted by molar-refractivity contribution is -0.149. The molecule has 140 valence electrons. The predicted molar refractivity (Wildman–Crippen MR) is 116 cm³/mol. The van der Waals surface area contributed by atoms with Crippen molar-refractivity contribution in [3.63, 3.8) is 0 Å². The highest BCUT2D eigenvalue weighted by Crippen LogP contribution is 2.48. The molecule has 0 aromatic heterocycles. The molecule has 1 aromatic carbocycles. The van der Waals surface area contributed by atoms with Crippen molar-refractivity contribution in [3.05, 3.63) is 16.9 Å². The van der Waals surface area contributed by atoms with Gasteiger partial charge in [0.2, 0.25) is 11.8 Å². The van der Waals surface area contributed by atoms with Crippen LogP contribution in [0, 0.1) is 5.82 Å². The van der Waals surface area contributed by atoms with Gasteiger partial charge in [0.25, 0.3) is 5.91 Å². The topological polar surface area (TPSA) is 133 Å². The molecule has 1 fully saturated rings. The van der Waals surface area contributed by atoms with E-state index in [1.807, 2.05) is 0 Å². The number of phenolic OH excluding ortho intramolecular Hbond substituents is 1. The van der Waals surface area contributed by atoms with Crippen LogP contribution in [-0.2, 0) is 14.9 Å². The van der Waals surface area contributed by atoms with Gasteiger partial charge in [0, 0.05) is 10.9 Å². The van der Waals surface area contributed by atoms with Crippen LogP contribution in [0.1, 0.15) is 15.9 Å². The van der Waals surface area contributed by atoms with Crippen LogP contribution in [-0.4, -0.2) is 91.5 Å². The molecule has 2 atom stereocenters. The number of halogens is 1. The Morgan fingerprint density at radius 3 is 2.21 bits per heavy atom. The number of carbonyl (C=O) groups excluding carboxylic acids is 3. The Kier molecular flexibility index (Phi) is 4.10. The fourth-order valence-electron chi connectivity index (χ4n) is 4.31. The summed E-state index contributed by atoms with van der Waals surface area (Å²) in [6.07, 6.45) is 0. The van der Waals surface area contributed by atoms with Gasteiger partial charge in [-0.25, -0.2) is 4.39 Å². The summed E-state index contributed by atoms with van der Waals surface area (Å²) >= 11 is 0. The van der Waals surface area contributed by atoms with Gasteiger partial charge in [0.05, 0.1) is 5.69 Å². The van der Waals surface area contributed by atoms with Crippen molar-refractivity contribution in [2.45, 2.75) is 22.1 Å². The molecular weight excluding hydrogens is 362 g/mol. The Morgan fingerprint density at radius 1 is 1.14 bits per heavy atom. The monoisotopic (exact) mass is 381 g/mol. The molecule has 0 saturated carbocycles. The molecule has 0 spiro atoms. The number of nitrogens with two attached hydrogens (primary N) is 1. The van der Waals surface area contributed by atoms with Crippen molar-refractivity contribution < 1.29 is 29.0 Å². The van der Waals surface area contributed by atoms with Gasteiger partial charge in [-0.1, -0.05) is 0 Å². The second kappa shape index (κ2) is 5.62. The van der Waals surface area contributed by atoms with Gasteiger partial charge in [0.15, 0.2) is 19.4 Å². The van der Waals surface area contributed by atoms with E-state index in [1.54, 1.807) is 15.7 Å². The SMILES string of the molecule is Bc1c(F)c(O)c(N)c2c1C(=O)N(C1C(=O)NC(=O)C(B)(O)C1(B)B)C2(B)B. The summed E-state index contributed by atoms with van der Waals surface area (Å²) in [7, 11) is 8.85. The minimum atomic E-state index is -1.95. The number of amides is 3. The van der Waals surface area contributed by atoms with E-state index in [4.69, 9.17) is 5.73 Å². The van der Waals surface area contributed by atoms with Gasteiger partial charge < -0.3 is 20.8 Å². The van der Waals surface area contributed by atoms with Gasteiger partial charge >= 0.3 is 0 Å². The number of piperidine rings is 1. The third kappa shape index (κ3) is 2.19. The molecule has 2 heterocycles. The van der Waals surface area contributed by atoms with Crippen molar-refractivity contribution >= 4 is 75.9 Å². The van der Waals surface area contributed by atoms with E-state index >= 15 is 0 Å². The fourth-order valence-corrected chi connectivity index (χ4v) is 4.31. The molecule has 28 heavy (non-hydrogen) atoms. The van der Waals surface area contributed by atoms with E-state index < -0.39 is 51.4 Å². The number of fused-ring (bicyclic) bond motifs is 1. The van der Waals surface area contributed by atoms with Crippen molar-refractivity contribution in [1.29, 1.82) is 0 Å². The van der Waals surface area contributed by atoms with Crippen LogP contribution in [0.4, 0.5) is 10.1 Å². The van der Waals surface area contributed by atoms with Crippen molar-refractivity contribution in [2.24, 2.45) is 0 Å².